The van der Waals surface area contributed by atoms with Crippen LogP contribution in [0.2, 0.25) is 0 Å². The molecular weight excluding hydrogens is 478 g/mol. The maximum atomic E-state index is 13.4. The molecule has 5 heterocycles. The maximum Gasteiger partial charge on any atom is 0.253 e. The summed E-state index contributed by atoms with van der Waals surface area (Å²) in [6.45, 7) is 9.54. The minimum absolute atomic E-state index is 0.0684. The van der Waals surface area contributed by atoms with Crippen molar-refractivity contribution in [2.24, 2.45) is 0 Å². The highest BCUT2D eigenvalue weighted by Gasteiger charge is 2.24. The second-order valence-electron chi connectivity index (χ2n) is 10.3. The van der Waals surface area contributed by atoms with Gasteiger partial charge in [0.1, 0.15) is 11.5 Å². The number of likely N-dealkylation sites (N-methyl/N-ethyl adjacent to an activating group) is 1. The van der Waals surface area contributed by atoms with Gasteiger partial charge in [0, 0.05) is 73.3 Å². The fraction of sp³-hybridized carbons (Fsp3) is 0.379. The summed E-state index contributed by atoms with van der Waals surface area (Å²) in [6.07, 6.45) is 3.66. The second kappa shape index (κ2) is 10.2. The van der Waals surface area contributed by atoms with Gasteiger partial charge in [-0.25, -0.2) is 15.0 Å². The number of morpholine rings is 1. The third-order valence-electron chi connectivity index (χ3n) is 7.63. The summed E-state index contributed by atoms with van der Waals surface area (Å²) in [5.41, 5.74) is 5.21. The predicted molar refractivity (Wildman–Crippen MR) is 148 cm³/mol. The van der Waals surface area contributed by atoms with Crippen molar-refractivity contribution in [3.05, 3.63) is 59.9 Å². The van der Waals surface area contributed by atoms with Crippen LogP contribution in [-0.2, 0) is 4.74 Å². The Balaban J connectivity index is 1.46. The van der Waals surface area contributed by atoms with Crippen LogP contribution in [0.5, 0.6) is 0 Å². The number of fused-ring (bicyclic) bond motifs is 1. The number of piperazine rings is 1. The molecule has 0 aliphatic carbocycles. The van der Waals surface area contributed by atoms with Gasteiger partial charge in [0.05, 0.1) is 24.9 Å². The van der Waals surface area contributed by atoms with E-state index >= 15 is 0 Å². The van der Waals surface area contributed by atoms with Gasteiger partial charge in [-0.05, 0) is 50.7 Å². The number of pyridine rings is 1. The number of nitrogens with zero attached hydrogens (tertiary/aromatic N) is 6. The van der Waals surface area contributed by atoms with Crippen molar-refractivity contribution >= 4 is 22.8 Å². The van der Waals surface area contributed by atoms with E-state index in [1.807, 2.05) is 47.5 Å². The van der Waals surface area contributed by atoms with E-state index in [-0.39, 0.29) is 11.9 Å². The van der Waals surface area contributed by atoms with Crippen molar-refractivity contribution in [2.75, 3.05) is 57.9 Å². The van der Waals surface area contributed by atoms with Gasteiger partial charge in [0.15, 0.2) is 5.82 Å². The molecule has 1 atom stereocenters. The number of aromatic nitrogens is 4. The second-order valence-corrected chi connectivity index (χ2v) is 10.3. The van der Waals surface area contributed by atoms with Gasteiger partial charge in [-0.3, -0.25) is 4.79 Å². The number of rotatable bonds is 4. The number of ether oxygens (including phenoxy) is 1. The highest BCUT2D eigenvalue weighted by molar-refractivity contribution is 5.96. The molecule has 1 N–H and O–H groups in total. The molecule has 9 heteroatoms. The Labute approximate surface area is 222 Å². The number of hydrogen-bond acceptors (Lipinski definition) is 7. The van der Waals surface area contributed by atoms with E-state index in [0.29, 0.717) is 24.6 Å². The molecular formula is C29H33N7O2. The van der Waals surface area contributed by atoms with Gasteiger partial charge in [0.2, 0.25) is 0 Å². The summed E-state index contributed by atoms with van der Waals surface area (Å²) in [4.78, 5) is 37.6. The normalized spacial score (nSPS) is 18.8. The van der Waals surface area contributed by atoms with Crippen LogP contribution in [0.4, 0.5) is 5.82 Å². The topological polar surface area (TPSA) is 90.5 Å². The first-order chi connectivity index (χ1) is 18.5. The number of carbonyl (C=O) groups is 1. The molecule has 2 aliphatic heterocycles. The standard InChI is InChI=1S/C29H33N7O2/c1-19-4-5-21(29(37)35-12-10-34(3)11-13-35)16-24(19)25-17-26(36-14-15-38-18-20(36)2)33-28(32-25)23-7-9-31-27-22(23)6-8-30-27/h4-9,16-17,20H,10-15,18H2,1-3H3,(H,30,31)/t20-/m1/s1. The number of hydrogen-bond donors (Lipinski definition) is 1. The average molecular weight is 512 g/mol. The number of amides is 1. The van der Waals surface area contributed by atoms with Gasteiger partial charge in [-0.15, -0.1) is 0 Å². The molecule has 0 saturated carbocycles. The summed E-state index contributed by atoms with van der Waals surface area (Å²) in [5, 5.41) is 0.973. The smallest absolute Gasteiger partial charge is 0.253 e. The van der Waals surface area contributed by atoms with Crippen LogP contribution in [0.1, 0.15) is 22.8 Å². The van der Waals surface area contributed by atoms with Crippen LogP contribution in [0.3, 0.4) is 0 Å². The third-order valence-corrected chi connectivity index (χ3v) is 7.63. The van der Waals surface area contributed by atoms with Gasteiger partial charge < -0.3 is 24.4 Å². The molecule has 4 aromatic rings. The Bertz CT molecular complexity index is 1480. The molecule has 0 unspecified atom stereocenters. The molecule has 38 heavy (non-hydrogen) atoms. The fourth-order valence-electron chi connectivity index (χ4n) is 5.29. The number of nitrogens with one attached hydrogen (secondary N) is 1. The monoisotopic (exact) mass is 511 g/mol. The summed E-state index contributed by atoms with van der Waals surface area (Å²) in [6, 6.07) is 12.1. The van der Waals surface area contributed by atoms with Crippen LogP contribution in [0.25, 0.3) is 33.7 Å². The van der Waals surface area contributed by atoms with E-state index in [2.05, 4.69) is 40.7 Å². The van der Waals surface area contributed by atoms with Crippen molar-refractivity contribution < 1.29 is 9.53 Å². The van der Waals surface area contributed by atoms with Gasteiger partial charge in [0.25, 0.3) is 5.91 Å². The van der Waals surface area contributed by atoms with Crippen molar-refractivity contribution in [1.29, 1.82) is 0 Å². The summed E-state index contributed by atoms with van der Waals surface area (Å²) in [5.74, 6) is 1.56. The predicted octanol–water partition coefficient (Wildman–Crippen LogP) is 3.61. The number of aryl methyl sites for hydroxylation is 1. The number of H-pyrrole nitrogens is 1. The molecule has 9 nitrogen and oxygen atoms in total. The Kier molecular flexibility index (Phi) is 6.55. The van der Waals surface area contributed by atoms with Gasteiger partial charge in [-0.2, -0.15) is 0 Å². The Morgan fingerprint density at radius 2 is 1.87 bits per heavy atom. The lowest BCUT2D eigenvalue weighted by Gasteiger charge is -2.34. The highest BCUT2D eigenvalue weighted by atomic mass is 16.5. The van der Waals surface area contributed by atoms with E-state index in [0.717, 1.165) is 72.0 Å². The molecule has 196 valence electrons. The molecule has 2 saturated heterocycles. The number of benzene rings is 1. The molecule has 0 spiro atoms. The molecule has 3 aromatic heterocycles. The first-order valence-corrected chi connectivity index (χ1v) is 13.2. The van der Waals surface area contributed by atoms with Gasteiger partial charge >= 0.3 is 0 Å². The third kappa shape index (κ3) is 4.63. The van der Waals surface area contributed by atoms with Crippen molar-refractivity contribution in [3.63, 3.8) is 0 Å². The Morgan fingerprint density at radius 1 is 1.03 bits per heavy atom. The zero-order valence-electron chi connectivity index (χ0n) is 22.1. The lowest BCUT2D eigenvalue weighted by Crippen LogP contribution is -2.47. The van der Waals surface area contributed by atoms with Crippen molar-refractivity contribution in [2.45, 2.75) is 19.9 Å². The zero-order valence-corrected chi connectivity index (χ0v) is 22.1. The number of carbonyl (C=O) groups excluding carboxylic acids is 1. The maximum absolute atomic E-state index is 13.4. The summed E-state index contributed by atoms with van der Waals surface area (Å²) < 4.78 is 5.69. The van der Waals surface area contributed by atoms with Crippen molar-refractivity contribution in [1.82, 2.24) is 29.7 Å². The summed E-state index contributed by atoms with van der Waals surface area (Å²) in [7, 11) is 2.09. The van der Waals surface area contributed by atoms with Crippen LogP contribution in [-0.4, -0.2) is 94.7 Å². The lowest BCUT2D eigenvalue weighted by atomic mass is 10.0. The van der Waals surface area contributed by atoms with Crippen LogP contribution < -0.4 is 4.90 Å². The molecule has 2 aliphatic rings. The zero-order chi connectivity index (χ0) is 26.2. The molecule has 6 rings (SSSR count). The van der Waals surface area contributed by atoms with E-state index < -0.39 is 0 Å². The molecule has 1 amide bonds. The highest BCUT2D eigenvalue weighted by Crippen LogP contribution is 2.32. The van der Waals surface area contributed by atoms with E-state index in [1.54, 1.807) is 6.20 Å². The van der Waals surface area contributed by atoms with Crippen LogP contribution >= 0.6 is 0 Å². The quantitative estimate of drug-likeness (QED) is 0.448. The number of anilines is 1. The minimum Gasteiger partial charge on any atom is -0.377 e. The Morgan fingerprint density at radius 3 is 2.68 bits per heavy atom. The van der Waals surface area contributed by atoms with E-state index in [4.69, 9.17) is 14.7 Å². The first-order valence-electron chi connectivity index (χ1n) is 13.2. The molecule has 0 radical (unpaired) electrons. The Hall–Kier alpha value is -3.82. The van der Waals surface area contributed by atoms with E-state index in [9.17, 15) is 4.79 Å². The fourth-order valence-corrected chi connectivity index (χ4v) is 5.29. The number of aromatic amines is 1. The van der Waals surface area contributed by atoms with Crippen molar-refractivity contribution in [3.8, 4) is 22.6 Å². The summed E-state index contributed by atoms with van der Waals surface area (Å²) >= 11 is 0. The molecule has 2 fully saturated rings. The molecule has 1 aromatic carbocycles. The van der Waals surface area contributed by atoms with Gasteiger partial charge in [-0.1, -0.05) is 6.07 Å². The average Bonchev–Trinajstić information content (AvgIpc) is 3.43. The van der Waals surface area contributed by atoms with Crippen LogP contribution in [0, 0.1) is 6.92 Å². The van der Waals surface area contributed by atoms with Crippen LogP contribution in [0.15, 0.2) is 48.8 Å². The largest absolute Gasteiger partial charge is 0.377 e. The minimum atomic E-state index is 0.0684. The van der Waals surface area contributed by atoms with E-state index in [1.165, 1.54) is 0 Å². The first kappa shape index (κ1) is 24.5. The lowest BCUT2D eigenvalue weighted by molar-refractivity contribution is 0.0664. The SMILES string of the molecule is Cc1ccc(C(=O)N2CCN(C)CC2)cc1-c1cc(N2CCOC[C@H]2C)nc(-c2ccnc3[nH]ccc23)n1. The molecule has 0 bridgehead atoms.